The van der Waals surface area contributed by atoms with Crippen LogP contribution in [0.25, 0.3) is 10.9 Å². The van der Waals surface area contributed by atoms with Crippen molar-refractivity contribution in [3.05, 3.63) is 85.0 Å². The van der Waals surface area contributed by atoms with Crippen LogP contribution in [0.3, 0.4) is 0 Å². The van der Waals surface area contributed by atoms with Crippen molar-refractivity contribution in [1.29, 1.82) is 0 Å². The Morgan fingerprint density at radius 1 is 0.958 bits per heavy atom. The monoisotopic (exact) mass is 343 g/mol. The fourth-order valence-electron chi connectivity index (χ4n) is 2.41. The van der Waals surface area contributed by atoms with Crippen LogP contribution in [0.1, 0.15) is 11.3 Å². The summed E-state index contributed by atoms with van der Waals surface area (Å²) in [6, 6.07) is 12.5. The zero-order valence-corrected chi connectivity index (χ0v) is 12.9. The summed E-state index contributed by atoms with van der Waals surface area (Å²) in [5.41, 5.74) is 1.05. The van der Waals surface area contributed by atoms with E-state index < -0.39 is 9.85 Å². The van der Waals surface area contributed by atoms with Gasteiger partial charge in [-0.3, -0.25) is 25.2 Å². The summed E-state index contributed by atoms with van der Waals surface area (Å²) in [6.07, 6.45) is 0.191. The van der Waals surface area contributed by atoms with Gasteiger partial charge in [0.1, 0.15) is 0 Å². The first-order chi connectivity index (χ1) is 11.4. The molecule has 2 aromatic carbocycles. The molecule has 7 nitrogen and oxygen atoms in total. The first-order valence-corrected chi connectivity index (χ1v) is 7.29. The molecule has 0 aliphatic carbocycles. The summed E-state index contributed by atoms with van der Waals surface area (Å²) >= 11 is 5.95. The third-order valence-corrected chi connectivity index (χ3v) is 3.79. The van der Waals surface area contributed by atoms with Gasteiger partial charge in [-0.15, -0.1) is 0 Å². The van der Waals surface area contributed by atoms with Crippen molar-refractivity contribution in [1.82, 2.24) is 4.98 Å². The second-order valence-corrected chi connectivity index (χ2v) is 5.58. The third-order valence-electron chi connectivity index (χ3n) is 3.56. The van der Waals surface area contributed by atoms with Crippen molar-refractivity contribution in [3.8, 4) is 0 Å². The minimum atomic E-state index is -0.660. The Morgan fingerprint density at radius 3 is 2.42 bits per heavy atom. The van der Waals surface area contributed by atoms with Crippen LogP contribution in [0.5, 0.6) is 0 Å². The van der Waals surface area contributed by atoms with Gasteiger partial charge in [-0.05, 0) is 24.3 Å². The fourth-order valence-corrected chi connectivity index (χ4v) is 2.58. The molecule has 0 fully saturated rings. The molecule has 0 bridgehead atoms. The van der Waals surface area contributed by atoms with E-state index in [4.69, 9.17) is 11.6 Å². The standard InChI is InChI=1S/C16H10ClN3O4/c17-12-4-1-10-2-5-13(18-15(10)8-12)7-11-3-6-14(19(21)22)9-16(11)20(23)24/h1-6,8-9H,7H2. The first-order valence-electron chi connectivity index (χ1n) is 6.91. The number of nitrogens with zero attached hydrogens (tertiary/aromatic N) is 3. The molecule has 0 amide bonds. The largest absolute Gasteiger partial charge is 0.279 e. The van der Waals surface area contributed by atoms with Crippen LogP contribution in [0, 0.1) is 20.2 Å². The van der Waals surface area contributed by atoms with E-state index >= 15 is 0 Å². The highest BCUT2D eigenvalue weighted by atomic mass is 35.5. The molecule has 0 saturated heterocycles. The van der Waals surface area contributed by atoms with Gasteiger partial charge in [-0.1, -0.05) is 23.7 Å². The molecule has 0 radical (unpaired) electrons. The third kappa shape index (κ3) is 3.16. The van der Waals surface area contributed by atoms with Crippen molar-refractivity contribution >= 4 is 33.9 Å². The average molecular weight is 344 g/mol. The van der Waals surface area contributed by atoms with Crippen LogP contribution in [0.4, 0.5) is 11.4 Å². The van der Waals surface area contributed by atoms with Gasteiger partial charge in [0.15, 0.2) is 0 Å². The minimum absolute atomic E-state index is 0.191. The molecule has 3 rings (SSSR count). The lowest BCUT2D eigenvalue weighted by Crippen LogP contribution is -2.00. The molecule has 24 heavy (non-hydrogen) atoms. The van der Waals surface area contributed by atoms with Crippen molar-refractivity contribution < 1.29 is 9.85 Å². The molecule has 0 N–H and O–H groups in total. The van der Waals surface area contributed by atoms with E-state index in [1.165, 1.54) is 12.1 Å². The number of nitro benzene ring substituents is 2. The average Bonchev–Trinajstić information content (AvgIpc) is 2.54. The maximum atomic E-state index is 11.2. The Hall–Kier alpha value is -3.06. The molecular weight excluding hydrogens is 334 g/mol. The molecule has 1 aromatic heterocycles. The number of fused-ring (bicyclic) bond motifs is 1. The zero-order valence-electron chi connectivity index (χ0n) is 12.2. The topological polar surface area (TPSA) is 99.2 Å². The number of hydrogen-bond acceptors (Lipinski definition) is 5. The fraction of sp³-hybridized carbons (Fsp3) is 0.0625. The predicted octanol–water partition coefficient (Wildman–Crippen LogP) is 4.30. The van der Waals surface area contributed by atoms with Gasteiger partial charge in [0, 0.05) is 34.2 Å². The minimum Gasteiger partial charge on any atom is -0.258 e. The van der Waals surface area contributed by atoms with E-state index in [-0.39, 0.29) is 17.8 Å². The highest BCUT2D eigenvalue weighted by Crippen LogP contribution is 2.27. The summed E-state index contributed by atoms with van der Waals surface area (Å²) in [5, 5.41) is 23.4. The number of halogens is 1. The Kier molecular flexibility index (Phi) is 4.09. The summed E-state index contributed by atoms with van der Waals surface area (Å²) in [7, 11) is 0. The number of benzene rings is 2. The molecule has 1 heterocycles. The Balaban J connectivity index is 2.01. The van der Waals surface area contributed by atoms with Crippen LogP contribution < -0.4 is 0 Å². The van der Waals surface area contributed by atoms with Gasteiger partial charge >= 0.3 is 0 Å². The molecule has 0 saturated carbocycles. The SMILES string of the molecule is O=[N+]([O-])c1ccc(Cc2ccc3ccc(Cl)cc3n2)c([N+](=O)[O-])c1. The van der Waals surface area contributed by atoms with Crippen LogP contribution in [0.15, 0.2) is 48.5 Å². The van der Waals surface area contributed by atoms with Crippen molar-refractivity contribution in [2.24, 2.45) is 0 Å². The van der Waals surface area contributed by atoms with E-state index in [1.807, 2.05) is 12.1 Å². The van der Waals surface area contributed by atoms with E-state index in [9.17, 15) is 20.2 Å². The molecule has 8 heteroatoms. The van der Waals surface area contributed by atoms with Gasteiger partial charge in [0.2, 0.25) is 0 Å². The summed E-state index contributed by atoms with van der Waals surface area (Å²) in [5.74, 6) is 0. The second kappa shape index (κ2) is 6.21. The van der Waals surface area contributed by atoms with Gasteiger partial charge in [0.25, 0.3) is 11.4 Å². The normalized spacial score (nSPS) is 10.7. The number of hydrogen-bond donors (Lipinski definition) is 0. The Bertz CT molecular complexity index is 975. The highest BCUT2D eigenvalue weighted by molar-refractivity contribution is 6.31. The van der Waals surface area contributed by atoms with Crippen LogP contribution in [-0.4, -0.2) is 14.8 Å². The molecule has 0 unspecified atom stereocenters. The Morgan fingerprint density at radius 2 is 1.71 bits per heavy atom. The van der Waals surface area contributed by atoms with E-state index in [1.54, 1.807) is 18.2 Å². The Labute approximate surface area is 140 Å². The highest BCUT2D eigenvalue weighted by Gasteiger charge is 2.19. The van der Waals surface area contributed by atoms with Crippen LogP contribution >= 0.6 is 11.6 Å². The number of nitro groups is 2. The molecule has 0 atom stereocenters. The number of rotatable bonds is 4. The predicted molar refractivity (Wildman–Crippen MR) is 89.3 cm³/mol. The number of aromatic nitrogens is 1. The molecular formula is C16H10ClN3O4. The number of pyridine rings is 1. The van der Waals surface area contributed by atoms with Crippen LogP contribution in [-0.2, 0) is 6.42 Å². The summed E-state index contributed by atoms with van der Waals surface area (Å²) in [6.45, 7) is 0. The lowest BCUT2D eigenvalue weighted by atomic mass is 10.1. The maximum absolute atomic E-state index is 11.2. The molecule has 0 aliphatic heterocycles. The van der Waals surface area contributed by atoms with Crippen molar-refractivity contribution in [2.45, 2.75) is 6.42 Å². The number of non-ortho nitro benzene ring substituents is 1. The lowest BCUT2D eigenvalue weighted by Gasteiger charge is -2.05. The van der Waals surface area contributed by atoms with E-state index in [0.717, 1.165) is 11.5 Å². The van der Waals surface area contributed by atoms with Crippen LogP contribution in [0.2, 0.25) is 5.02 Å². The van der Waals surface area contributed by atoms with Gasteiger partial charge in [-0.2, -0.15) is 0 Å². The van der Waals surface area contributed by atoms with Crippen molar-refractivity contribution in [3.63, 3.8) is 0 Å². The smallest absolute Gasteiger partial charge is 0.258 e. The summed E-state index contributed by atoms with van der Waals surface area (Å²) < 4.78 is 0. The lowest BCUT2D eigenvalue weighted by molar-refractivity contribution is -0.394. The van der Waals surface area contributed by atoms with E-state index in [0.29, 0.717) is 21.8 Å². The molecule has 0 spiro atoms. The summed E-state index contributed by atoms with van der Waals surface area (Å²) in [4.78, 5) is 25.1. The molecule has 120 valence electrons. The van der Waals surface area contributed by atoms with E-state index in [2.05, 4.69) is 4.98 Å². The molecule has 3 aromatic rings. The first kappa shape index (κ1) is 15.8. The van der Waals surface area contributed by atoms with Crippen molar-refractivity contribution in [2.75, 3.05) is 0 Å². The maximum Gasteiger partial charge on any atom is 0.279 e. The van der Waals surface area contributed by atoms with Gasteiger partial charge in [0.05, 0.1) is 21.4 Å². The second-order valence-electron chi connectivity index (χ2n) is 5.14. The molecule has 0 aliphatic rings. The van der Waals surface area contributed by atoms with Gasteiger partial charge in [-0.25, -0.2) is 0 Å². The quantitative estimate of drug-likeness (QED) is 0.519. The van der Waals surface area contributed by atoms with Gasteiger partial charge < -0.3 is 0 Å². The zero-order chi connectivity index (χ0) is 17.3.